The van der Waals surface area contributed by atoms with Crippen LogP contribution in [-0.4, -0.2) is 89.4 Å². The summed E-state index contributed by atoms with van der Waals surface area (Å²) in [4.78, 5) is 51.6. The highest BCUT2D eigenvalue weighted by molar-refractivity contribution is 8.13. The van der Waals surface area contributed by atoms with Crippen LogP contribution in [0.5, 0.6) is 0 Å². The van der Waals surface area contributed by atoms with Gasteiger partial charge in [0.1, 0.15) is 0 Å². The molecule has 23 heavy (non-hydrogen) atoms. The van der Waals surface area contributed by atoms with Crippen molar-refractivity contribution in [2.24, 2.45) is 0 Å². The first-order valence-corrected chi connectivity index (χ1v) is 8.67. The SMILES string of the molecule is CCOC(=O)C(=O)N1CCN(C(=O)CCN2CCSC2=O)CC1. The maximum absolute atomic E-state index is 12.2. The van der Waals surface area contributed by atoms with Crippen molar-refractivity contribution in [3.05, 3.63) is 0 Å². The van der Waals surface area contributed by atoms with Gasteiger partial charge in [0.25, 0.3) is 5.24 Å². The molecule has 8 nitrogen and oxygen atoms in total. The molecule has 2 rings (SSSR count). The first kappa shape index (κ1) is 17.6. The fourth-order valence-corrected chi connectivity index (χ4v) is 3.35. The molecular formula is C14H21N3O5S. The molecule has 0 saturated carbocycles. The average Bonchev–Trinajstić information content (AvgIpc) is 2.97. The van der Waals surface area contributed by atoms with Gasteiger partial charge in [-0.05, 0) is 6.92 Å². The van der Waals surface area contributed by atoms with E-state index in [9.17, 15) is 19.2 Å². The van der Waals surface area contributed by atoms with Crippen LogP contribution in [0.15, 0.2) is 0 Å². The standard InChI is InChI=1S/C14H21N3O5S/c1-2-22-13(20)12(19)16-7-5-15(6-8-16)11(18)3-4-17-9-10-23-14(17)21/h2-10H2,1H3. The highest BCUT2D eigenvalue weighted by Crippen LogP contribution is 2.17. The van der Waals surface area contributed by atoms with Gasteiger partial charge in [-0.3, -0.25) is 14.4 Å². The minimum Gasteiger partial charge on any atom is -0.459 e. The van der Waals surface area contributed by atoms with Gasteiger partial charge in [0, 0.05) is 51.4 Å². The lowest BCUT2D eigenvalue weighted by atomic mass is 10.2. The Kier molecular flexibility index (Phi) is 6.26. The zero-order valence-corrected chi connectivity index (χ0v) is 14.0. The fraction of sp³-hybridized carbons (Fsp3) is 0.714. The van der Waals surface area contributed by atoms with Gasteiger partial charge in [-0.2, -0.15) is 0 Å². The molecule has 0 spiro atoms. The van der Waals surface area contributed by atoms with Crippen molar-refractivity contribution in [1.82, 2.24) is 14.7 Å². The Labute approximate surface area is 139 Å². The Hall–Kier alpha value is -1.77. The summed E-state index contributed by atoms with van der Waals surface area (Å²) in [5.74, 6) is -0.754. The minimum absolute atomic E-state index is 0.0297. The summed E-state index contributed by atoms with van der Waals surface area (Å²) >= 11 is 1.28. The lowest BCUT2D eigenvalue weighted by Crippen LogP contribution is -2.52. The molecule has 2 aliphatic heterocycles. The number of esters is 1. The molecule has 0 aliphatic carbocycles. The summed E-state index contributed by atoms with van der Waals surface area (Å²) in [7, 11) is 0. The number of carbonyl (C=O) groups excluding carboxylic acids is 4. The lowest BCUT2D eigenvalue weighted by molar-refractivity contribution is -0.161. The molecule has 0 bridgehead atoms. The monoisotopic (exact) mass is 343 g/mol. The van der Waals surface area contributed by atoms with E-state index in [1.165, 1.54) is 16.7 Å². The summed E-state index contributed by atoms with van der Waals surface area (Å²) < 4.78 is 4.69. The molecule has 0 aromatic rings. The summed E-state index contributed by atoms with van der Waals surface area (Å²) in [6, 6.07) is 0. The third kappa shape index (κ3) is 4.60. The first-order chi connectivity index (χ1) is 11.0. The van der Waals surface area contributed by atoms with Gasteiger partial charge in [-0.25, -0.2) is 4.79 Å². The quantitative estimate of drug-likeness (QED) is 0.518. The number of piperazine rings is 1. The van der Waals surface area contributed by atoms with Crippen LogP contribution in [0.1, 0.15) is 13.3 Å². The number of amides is 3. The van der Waals surface area contributed by atoms with Crippen LogP contribution in [0.25, 0.3) is 0 Å². The third-order valence-electron chi connectivity index (χ3n) is 3.81. The maximum Gasteiger partial charge on any atom is 0.397 e. The van der Waals surface area contributed by atoms with E-state index in [0.717, 1.165) is 5.75 Å². The van der Waals surface area contributed by atoms with Gasteiger partial charge in [-0.1, -0.05) is 11.8 Å². The molecule has 0 radical (unpaired) electrons. The molecule has 0 atom stereocenters. The molecule has 0 N–H and O–H groups in total. The summed E-state index contributed by atoms with van der Waals surface area (Å²) in [6.45, 7) is 4.37. The molecule has 3 amide bonds. The van der Waals surface area contributed by atoms with E-state index in [4.69, 9.17) is 0 Å². The van der Waals surface area contributed by atoms with E-state index in [1.54, 1.807) is 16.7 Å². The van der Waals surface area contributed by atoms with Crippen molar-refractivity contribution >= 4 is 34.8 Å². The number of ether oxygens (including phenoxy) is 1. The second kappa shape index (κ2) is 8.19. The molecule has 2 heterocycles. The van der Waals surface area contributed by atoms with Gasteiger partial charge in [0.2, 0.25) is 5.91 Å². The van der Waals surface area contributed by atoms with Gasteiger partial charge in [-0.15, -0.1) is 0 Å². The van der Waals surface area contributed by atoms with Crippen LogP contribution in [-0.2, 0) is 19.1 Å². The number of rotatable bonds is 4. The molecule has 128 valence electrons. The normalized spacial score (nSPS) is 18.3. The molecule has 9 heteroatoms. The van der Waals surface area contributed by atoms with Gasteiger partial charge >= 0.3 is 11.9 Å². The van der Waals surface area contributed by atoms with Gasteiger partial charge in [0.05, 0.1) is 6.61 Å². The predicted octanol–water partition coefficient (Wildman–Crippen LogP) is -0.221. The van der Waals surface area contributed by atoms with E-state index in [0.29, 0.717) is 39.3 Å². The number of hydrogen-bond donors (Lipinski definition) is 0. The van der Waals surface area contributed by atoms with Crippen LogP contribution in [0.4, 0.5) is 4.79 Å². The minimum atomic E-state index is -0.850. The Bertz CT molecular complexity index is 491. The zero-order chi connectivity index (χ0) is 16.8. The van der Waals surface area contributed by atoms with E-state index >= 15 is 0 Å². The number of carbonyl (C=O) groups is 4. The Morgan fingerprint density at radius 2 is 1.74 bits per heavy atom. The number of hydrogen-bond acceptors (Lipinski definition) is 6. The van der Waals surface area contributed by atoms with Gasteiger partial charge < -0.3 is 19.4 Å². The van der Waals surface area contributed by atoms with Crippen molar-refractivity contribution < 1.29 is 23.9 Å². The van der Waals surface area contributed by atoms with Crippen molar-refractivity contribution in [3.63, 3.8) is 0 Å². The van der Waals surface area contributed by atoms with Crippen LogP contribution in [0.3, 0.4) is 0 Å². The summed E-state index contributed by atoms with van der Waals surface area (Å²) in [6.07, 6.45) is 0.290. The van der Waals surface area contributed by atoms with Crippen molar-refractivity contribution in [3.8, 4) is 0 Å². The van der Waals surface area contributed by atoms with Crippen LogP contribution < -0.4 is 0 Å². The zero-order valence-electron chi connectivity index (χ0n) is 13.2. The molecular weight excluding hydrogens is 322 g/mol. The Morgan fingerprint density at radius 1 is 1.09 bits per heavy atom. The lowest BCUT2D eigenvalue weighted by Gasteiger charge is -2.34. The number of thioether (sulfide) groups is 1. The second-order valence-electron chi connectivity index (χ2n) is 5.24. The molecule has 0 aromatic heterocycles. The maximum atomic E-state index is 12.2. The van der Waals surface area contributed by atoms with E-state index in [-0.39, 0.29) is 24.2 Å². The first-order valence-electron chi connectivity index (χ1n) is 7.68. The largest absolute Gasteiger partial charge is 0.459 e. The van der Waals surface area contributed by atoms with E-state index in [2.05, 4.69) is 4.74 Å². The van der Waals surface area contributed by atoms with Crippen LogP contribution in [0.2, 0.25) is 0 Å². The van der Waals surface area contributed by atoms with E-state index < -0.39 is 11.9 Å². The van der Waals surface area contributed by atoms with Crippen molar-refractivity contribution in [2.45, 2.75) is 13.3 Å². The third-order valence-corrected chi connectivity index (χ3v) is 4.70. The molecule has 2 aliphatic rings. The fourth-order valence-electron chi connectivity index (χ4n) is 2.50. The Morgan fingerprint density at radius 3 is 2.30 bits per heavy atom. The van der Waals surface area contributed by atoms with Crippen molar-refractivity contribution in [1.29, 1.82) is 0 Å². The molecule has 0 aromatic carbocycles. The molecule has 2 fully saturated rings. The second-order valence-corrected chi connectivity index (χ2v) is 6.29. The Balaban J connectivity index is 1.73. The van der Waals surface area contributed by atoms with Crippen LogP contribution >= 0.6 is 11.8 Å². The smallest absolute Gasteiger partial charge is 0.397 e. The van der Waals surface area contributed by atoms with Crippen molar-refractivity contribution in [2.75, 3.05) is 51.6 Å². The predicted molar refractivity (Wildman–Crippen MR) is 83.8 cm³/mol. The van der Waals surface area contributed by atoms with Crippen LogP contribution in [0, 0.1) is 0 Å². The highest BCUT2D eigenvalue weighted by atomic mass is 32.2. The topological polar surface area (TPSA) is 87.2 Å². The highest BCUT2D eigenvalue weighted by Gasteiger charge is 2.29. The summed E-state index contributed by atoms with van der Waals surface area (Å²) in [5.41, 5.74) is 0. The average molecular weight is 343 g/mol. The molecule has 0 unspecified atom stereocenters. The summed E-state index contributed by atoms with van der Waals surface area (Å²) in [5, 5.41) is 0.0302. The molecule has 2 saturated heterocycles. The van der Waals surface area contributed by atoms with Gasteiger partial charge in [0.15, 0.2) is 0 Å². The van der Waals surface area contributed by atoms with E-state index in [1.807, 2.05) is 0 Å². The number of nitrogens with zero attached hydrogens (tertiary/aromatic N) is 3.